The zero-order valence-electron chi connectivity index (χ0n) is 28.5. The average molecular weight is 722 g/mol. The van der Waals surface area contributed by atoms with Crippen LogP contribution in [0, 0.1) is 17.2 Å². The van der Waals surface area contributed by atoms with Crippen molar-refractivity contribution < 1.29 is 24.4 Å². The summed E-state index contributed by atoms with van der Waals surface area (Å²) in [6.07, 6.45) is 14.0. The van der Waals surface area contributed by atoms with Gasteiger partial charge in [0.25, 0.3) is 0 Å². The first-order valence-electron chi connectivity index (χ1n) is 17.2. The summed E-state index contributed by atoms with van der Waals surface area (Å²) in [6, 6.07) is 14.7. The number of aliphatic hydroxyl groups excluding tert-OH is 2. The third-order valence-corrected chi connectivity index (χ3v) is 10.0. The minimum absolute atomic E-state index is 0.103. The molecular formula is C39H46Cl2N4O5. The van der Waals surface area contributed by atoms with Gasteiger partial charge in [-0.25, -0.2) is 0 Å². The minimum atomic E-state index is -0.811. The molecule has 0 amide bonds. The van der Waals surface area contributed by atoms with Crippen molar-refractivity contribution in [2.45, 2.75) is 57.4 Å². The smallest absolute Gasteiger partial charge is 0.141 e. The third-order valence-electron chi connectivity index (χ3n) is 9.39. The summed E-state index contributed by atoms with van der Waals surface area (Å²) in [5.41, 5.74) is 3.07. The number of nitrogens with one attached hydrogen (secondary N) is 1. The van der Waals surface area contributed by atoms with E-state index in [1.807, 2.05) is 30.3 Å². The number of aromatic nitrogens is 1. The lowest BCUT2D eigenvalue weighted by atomic mass is 9.77. The Balaban J connectivity index is 1.39. The Labute approximate surface area is 305 Å². The summed E-state index contributed by atoms with van der Waals surface area (Å²) < 4.78 is 19.6. The Bertz CT molecular complexity index is 1670. The molecule has 1 aliphatic heterocycles. The first-order chi connectivity index (χ1) is 24.4. The molecule has 0 bridgehead atoms. The number of nitrogens with zero attached hydrogens (tertiary/aromatic N) is 3. The molecule has 3 aromatic rings. The van der Waals surface area contributed by atoms with Crippen LogP contribution in [0.1, 0.15) is 54.9 Å². The summed E-state index contributed by atoms with van der Waals surface area (Å²) in [5, 5.41) is 32.7. The van der Waals surface area contributed by atoms with Gasteiger partial charge in [0.15, 0.2) is 0 Å². The number of allylic oxidation sites excluding steroid dienone is 2. The van der Waals surface area contributed by atoms with Crippen molar-refractivity contribution in [3.63, 3.8) is 0 Å². The molecule has 5 rings (SSSR count). The van der Waals surface area contributed by atoms with E-state index in [-0.39, 0.29) is 38.9 Å². The number of piperidine rings is 1. The normalized spacial score (nSPS) is 19.3. The van der Waals surface area contributed by atoms with E-state index in [0.717, 1.165) is 42.8 Å². The Hall–Kier alpha value is -3.46. The van der Waals surface area contributed by atoms with Crippen LogP contribution in [0.25, 0.3) is 5.57 Å². The molecule has 0 radical (unpaired) electrons. The second-order valence-corrected chi connectivity index (χ2v) is 13.7. The molecule has 2 unspecified atom stereocenters. The lowest BCUT2D eigenvalue weighted by molar-refractivity contribution is -0.0620. The highest BCUT2D eigenvalue weighted by atomic mass is 35.5. The number of aliphatic hydroxyl groups is 2. The van der Waals surface area contributed by atoms with Gasteiger partial charge in [0.05, 0.1) is 29.8 Å². The summed E-state index contributed by atoms with van der Waals surface area (Å²) in [6.45, 7) is 6.10. The molecule has 1 fully saturated rings. The molecule has 2 aromatic carbocycles. The van der Waals surface area contributed by atoms with Crippen molar-refractivity contribution in [1.82, 2.24) is 15.2 Å². The maximum absolute atomic E-state index is 9.60. The lowest BCUT2D eigenvalue weighted by Crippen LogP contribution is -2.45. The number of hydrogen-bond donors (Lipinski definition) is 3. The number of rotatable bonds is 17. The Morgan fingerprint density at radius 2 is 1.84 bits per heavy atom. The van der Waals surface area contributed by atoms with Gasteiger partial charge in [-0.2, -0.15) is 5.26 Å². The van der Waals surface area contributed by atoms with Gasteiger partial charge in [0, 0.05) is 60.2 Å². The van der Waals surface area contributed by atoms with E-state index in [9.17, 15) is 15.5 Å². The van der Waals surface area contributed by atoms with Gasteiger partial charge < -0.3 is 34.6 Å². The van der Waals surface area contributed by atoms with E-state index in [4.69, 9.17) is 37.4 Å². The van der Waals surface area contributed by atoms with Gasteiger partial charge in [0.2, 0.25) is 0 Å². The number of halogens is 2. The summed E-state index contributed by atoms with van der Waals surface area (Å²) in [7, 11) is 0. The highest BCUT2D eigenvalue weighted by molar-refractivity contribution is 6.32. The molecule has 1 aromatic heterocycles. The topological polar surface area (TPSA) is 120 Å². The minimum Gasteiger partial charge on any atom is -0.489 e. The molecule has 2 aliphatic rings. The lowest BCUT2D eigenvalue weighted by Gasteiger charge is -2.40. The fourth-order valence-corrected chi connectivity index (χ4v) is 6.87. The number of benzene rings is 2. The Kier molecular flexibility index (Phi) is 14.1. The van der Waals surface area contributed by atoms with Crippen LogP contribution < -0.4 is 14.8 Å². The van der Waals surface area contributed by atoms with E-state index in [2.05, 4.69) is 40.3 Å². The summed E-state index contributed by atoms with van der Waals surface area (Å²) >= 11 is 13.5. The molecule has 1 saturated heterocycles. The van der Waals surface area contributed by atoms with E-state index >= 15 is 0 Å². The predicted octanol–water partition coefficient (Wildman–Crippen LogP) is 6.58. The van der Waals surface area contributed by atoms with E-state index in [1.165, 1.54) is 25.5 Å². The van der Waals surface area contributed by atoms with Crippen molar-refractivity contribution in [2.24, 2.45) is 5.92 Å². The van der Waals surface area contributed by atoms with Gasteiger partial charge in [0.1, 0.15) is 36.4 Å². The van der Waals surface area contributed by atoms with Crippen LogP contribution in [-0.2, 0) is 17.9 Å². The van der Waals surface area contributed by atoms with Gasteiger partial charge in [-0.1, -0.05) is 66.9 Å². The van der Waals surface area contributed by atoms with Crippen molar-refractivity contribution in [3.05, 3.63) is 105 Å². The molecule has 11 heteroatoms. The molecule has 2 atom stereocenters. The van der Waals surface area contributed by atoms with Gasteiger partial charge in [-0.3, -0.25) is 4.98 Å². The fourth-order valence-electron chi connectivity index (χ4n) is 6.39. The molecule has 9 nitrogen and oxygen atoms in total. The molecule has 266 valence electrons. The fraction of sp³-hybridized carbons (Fsp3) is 0.436. The highest BCUT2D eigenvalue weighted by Gasteiger charge is 2.40. The van der Waals surface area contributed by atoms with Crippen LogP contribution in [0.5, 0.6) is 11.5 Å². The molecule has 1 aliphatic carbocycles. The molecule has 0 saturated carbocycles. The SMILES string of the molecule is CC1C(c2ccccc2Cl)=CC=CC1(COc1cc(OCc2cncc(C#N)c2)c(CNC(CO)CO)cc1Cl)OCCCN1CCCCC1. The Morgan fingerprint density at radius 3 is 2.60 bits per heavy atom. The van der Waals surface area contributed by atoms with Crippen LogP contribution >= 0.6 is 23.2 Å². The van der Waals surface area contributed by atoms with Crippen LogP contribution in [0.3, 0.4) is 0 Å². The van der Waals surface area contributed by atoms with E-state index < -0.39 is 11.6 Å². The molecule has 50 heavy (non-hydrogen) atoms. The zero-order chi connectivity index (χ0) is 35.3. The maximum atomic E-state index is 9.60. The van der Waals surface area contributed by atoms with Crippen LogP contribution in [0.4, 0.5) is 0 Å². The van der Waals surface area contributed by atoms with Crippen molar-refractivity contribution in [3.8, 4) is 17.6 Å². The number of pyridine rings is 1. The van der Waals surface area contributed by atoms with Gasteiger partial charge >= 0.3 is 0 Å². The third kappa shape index (κ3) is 9.86. The number of likely N-dealkylation sites (tertiary alicyclic amines) is 1. The highest BCUT2D eigenvalue weighted by Crippen LogP contribution is 2.42. The zero-order valence-corrected chi connectivity index (χ0v) is 30.0. The first kappa shape index (κ1) is 37.8. The largest absolute Gasteiger partial charge is 0.489 e. The molecule has 0 spiro atoms. The summed E-state index contributed by atoms with van der Waals surface area (Å²) in [4.78, 5) is 6.65. The predicted molar refractivity (Wildman–Crippen MR) is 196 cm³/mol. The monoisotopic (exact) mass is 720 g/mol. The first-order valence-corrected chi connectivity index (χ1v) is 18.0. The van der Waals surface area contributed by atoms with Crippen molar-refractivity contribution >= 4 is 28.8 Å². The quantitative estimate of drug-likeness (QED) is 0.133. The van der Waals surface area contributed by atoms with Crippen molar-refractivity contribution in [2.75, 3.05) is 46.1 Å². The second-order valence-electron chi connectivity index (χ2n) is 12.8. The number of hydrogen-bond acceptors (Lipinski definition) is 9. The van der Waals surface area contributed by atoms with Crippen LogP contribution in [0.15, 0.2) is 73.1 Å². The number of ether oxygens (including phenoxy) is 3. The average Bonchev–Trinajstić information content (AvgIpc) is 3.14. The van der Waals surface area contributed by atoms with Crippen molar-refractivity contribution in [1.29, 1.82) is 5.26 Å². The van der Waals surface area contributed by atoms with Gasteiger partial charge in [-0.05, 0) is 67.8 Å². The van der Waals surface area contributed by atoms with Gasteiger partial charge in [-0.15, -0.1) is 0 Å². The maximum Gasteiger partial charge on any atom is 0.141 e. The summed E-state index contributed by atoms with van der Waals surface area (Å²) in [5.74, 6) is 0.810. The second kappa shape index (κ2) is 18.7. The molecule has 2 heterocycles. The molecule has 3 N–H and O–H groups in total. The standard InChI is InChI=1S/C39H46Cl2N4O5/c1-28-33(34-9-3-4-11-35(34)40)10-7-12-39(28,50-16-8-15-45-13-5-2-6-14-45)27-49-38-19-37(48-26-30-17-29(20-42)21-43-22-30)31(18-36(38)41)23-44-32(24-46)25-47/h3-4,7,9-12,17-19,21-22,28,32,44,46-47H,2,5-6,8,13-16,23-27H2,1H3. The van der Waals surface area contributed by atoms with Crippen LogP contribution in [-0.4, -0.2) is 77.8 Å². The van der Waals surface area contributed by atoms with E-state index in [1.54, 1.807) is 24.4 Å². The Morgan fingerprint density at radius 1 is 1.04 bits per heavy atom. The van der Waals surface area contributed by atoms with E-state index in [0.29, 0.717) is 39.3 Å². The van der Waals surface area contributed by atoms with Crippen LogP contribution in [0.2, 0.25) is 10.0 Å². The molecular weight excluding hydrogens is 675 g/mol. The number of nitriles is 1.